The first kappa shape index (κ1) is 13.7. The smallest absolute Gasteiger partial charge is 0.395 e. The number of alkyl halides is 3. The minimum atomic E-state index is -4.61. The van der Waals surface area contributed by atoms with Gasteiger partial charge in [-0.3, -0.25) is 0 Å². The molecule has 0 spiro atoms. The van der Waals surface area contributed by atoms with Crippen molar-refractivity contribution in [1.82, 2.24) is 5.32 Å². The fourth-order valence-electron chi connectivity index (χ4n) is 0.890. The van der Waals surface area contributed by atoms with Crippen molar-refractivity contribution in [3.05, 3.63) is 0 Å². The van der Waals surface area contributed by atoms with Crippen LogP contribution >= 0.6 is 0 Å². The molecule has 0 saturated heterocycles. The Morgan fingerprint density at radius 2 is 1.79 bits per heavy atom. The van der Waals surface area contributed by atoms with E-state index in [-0.39, 0.29) is 12.5 Å². The maximum absolute atomic E-state index is 11.9. The maximum atomic E-state index is 11.9. The Bertz CT molecular complexity index is 159. The van der Waals surface area contributed by atoms with E-state index in [2.05, 4.69) is 5.32 Å². The summed E-state index contributed by atoms with van der Waals surface area (Å²) >= 11 is 0. The Kier molecular flexibility index (Phi) is 5.40. The molecule has 6 heteroatoms. The zero-order chi connectivity index (χ0) is 11.4. The molecular formula is C8H16F3NO2. The molecule has 3 nitrogen and oxygen atoms in total. The highest BCUT2D eigenvalue weighted by Gasteiger charge is 2.38. The topological polar surface area (TPSA) is 52.5 Å². The molecule has 0 aromatic rings. The number of halogens is 3. The highest BCUT2D eigenvalue weighted by molar-refractivity contribution is 4.74. The lowest BCUT2D eigenvalue weighted by molar-refractivity contribution is -0.202. The maximum Gasteiger partial charge on any atom is 0.415 e. The van der Waals surface area contributed by atoms with Crippen molar-refractivity contribution >= 4 is 0 Å². The lowest BCUT2D eigenvalue weighted by Crippen LogP contribution is -2.45. The van der Waals surface area contributed by atoms with Gasteiger partial charge in [-0.1, -0.05) is 13.8 Å². The van der Waals surface area contributed by atoms with Gasteiger partial charge in [0, 0.05) is 12.6 Å². The van der Waals surface area contributed by atoms with Crippen molar-refractivity contribution in [3.63, 3.8) is 0 Å². The lowest BCUT2D eigenvalue weighted by atomic mass is 10.1. The summed E-state index contributed by atoms with van der Waals surface area (Å²) in [5.74, 6) is 0.0143. The Morgan fingerprint density at radius 3 is 2.07 bits per heavy atom. The zero-order valence-corrected chi connectivity index (χ0v) is 8.17. The van der Waals surface area contributed by atoms with Gasteiger partial charge in [-0.15, -0.1) is 0 Å². The Labute approximate surface area is 80.9 Å². The monoisotopic (exact) mass is 215 g/mol. The molecule has 0 saturated carbocycles. The van der Waals surface area contributed by atoms with E-state index in [0.717, 1.165) is 0 Å². The Morgan fingerprint density at radius 1 is 1.29 bits per heavy atom. The average Bonchev–Trinajstić information content (AvgIpc) is 2.02. The third-order valence-corrected chi connectivity index (χ3v) is 1.95. The molecule has 0 radical (unpaired) electrons. The molecule has 86 valence electrons. The molecule has 0 amide bonds. The molecule has 0 fully saturated rings. The third kappa shape index (κ3) is 4.78. The third-order valence-electron chi connectivity index (χ3n) is 1.95. The molecule has 2 unspecified atom stereocenters. The van der Waals surface area contributed by atoms with Gasteiger partial charge in [-0.25, -0.2) is 0 Å². The van der Waals surface area contributed by atoms with Crippen molar-refractivity contribution in [2.75, 3.05) is 13.2 Å². The first-order chi connectivity index (χ1) is 6.29. The van der Waals surface area contributed by atoms with Gasteiger partial charge < -0.3 is 15.5 Å². The molecule has 0 heterocycles. The molecular weight excluding hydrogens is 199 g/mol. The fourth-order valence-corrected chi connectivity index (χ4v) is 0.890. The molecule has 0 rings (SSSR count). The van der Waals surface area contributed by atoms with Crippen LogP contribution in [0.3, 0.4) is 0 Å². The molecule has 0 aliphatic carbocycles. The van der Waals surface area contributed by atoms with Crippen molar-refractivity contribution in [2.24, 2.45) is 5.92 Å². The van der Waals surface area contributed by atoms with Crippen LogP contribution in [0.2, 0.25) is 0 Å². The van der Waals surface area contributed by atoms with Gasteiger partial charge in [0.15, 0.2) is 6.10 Å². The molecule has 3 N–H and O–H groups in total. The summed E-state index contributed by atoms with van der Waals surface area (Å²) in [6.07, 6.45) is -6.99. The second kappa shape index (κ2) is 5.53. The van der Waals surface area contributed by atoms with Crippen molar-refractivity contribution < 1.29 is 23.4 Å². The minimum Gasteiger partial charge on any atom is -0.395 e. The van der Waals surface area contributed by atoms with Gasteiger partial charge in [0.25, 0.3) is 0 Å². The number of rotatable bonds is 5. The summed E-state index contributed by atoms with van der Waals surface area (Å²) in [4.78, 5) is 0. The summed E-state index contributed by atoms with van der Waals surface area (Å²) in [6.45, 7) is 2.71. The summed E-state index contributed by atoms with van der Waals surface area (Å²) in [5.41, 5.74) is 0. The van der Waals surface area contributed by atoms with Gasteiger partial charge in [0.1, 0.15) is 0 Å². The van der Waals surface area contributed by atoms with E-state index in [1.165, 1.54) is 0 Å². The number of aliphatic hydroxyl groups excluding tert-OH is 2. The van der Waals surface area contributed by atoms with Crippen molar-refractivity contribution in [1.29, 1.82) is 0 Å². The van der Waals surface area contributed by atoms with Crippen LogP contribution in [-0.2, 0) is 0 Å². The first-order valence-electron chi connectivity index (χ1n) is 4.38. The van der Waals surface area contributed by atoms with E-state index in [4.69, 9.17) is 10.2 Å². The van der Waals surface area contributed by atoms with Crippen LogP contribution in [0.4, 0.5) is 13.2 Å². The average molecular weight is 215 g/mol. The summed E-state index contributed by atoms with van der Waals surface area (Å²) in [7, 11) is 0. The van der Waals surface area contributed by atoms with E-state index in [9.17, 15) is 13.2 Å². The van der Waals surface area contributed by atoms with Crippen LogP contribution in [0.15, 0.2) is 0 Å². The molecule has 0 bridgehead atoms. The van der Waals surface area contributed by atoms with Gasteiger partial charge >= 0.3 is 6.18 Å². The summed E-state index contributed by atoms with van der Waals surface area (Å²) in [6, 6.07) is -0.424. The minimum absolute atomic E-state index is 0.0143. The van der Waals surface area contributed by atoms with Crippen LogP contribution < -0.4 is 5.32 Å². The quantitative estimate of drug-likeness (QED) is 0.626. The number of nitrogens with one attached hydrogen (secondary N) is 1. The van der Waals surface area contributed by atoms with Crippen LogP contribution in [0.5, 0.6) is 0 Å². The van der Waals surface area contributed by atoms with Gasteiger partial charge in [0.2, 0.25) is 0 Å². The molecule has 14 heavy (non-hydrogen) atoms. The number of hydrogen-bond donors (Lipinski definition) is 3. The second-order valence-corrected chi connectivity index (χ2v) is 3.50. The Hall–Kier alpha value is -0.330. The zero-order valence-electron chi connectivity index (χ0n) is 8.17. The predicted molar refractivity (Wildman–Crippen MR) is 45.8 cm³/mol. The van der Waals surface area contributed by atoms with Crippen molar-refractivity contribution in [2.45, 2.75) is 32.2 Å². The van der Waals surface area contributed by atoms with Gasteiger partial charge in [0.05, 0.1) is 6.61 Å². The summed E-state index contributed by atoms with van der Waals surface area (Å²) in [5, 5.41) is 19.9. The lowest BCUT2D eigenvalue weighted by Gasteiger charge is -2.22. The molecule has 0 aromatic carbocycles. The van der Waals surface area contributed by atoms with Gasteiger partial charge in [-0.05, 0) is 5.92 Å². The van der Waals surface area contributed by atoms with E-state index in [1.807, 2.05) is 0 Å². The summed E-state index contributed by atoms with van der Waals surface area (Å²) < 4.78 is 35.6. The van der Waals surface area contributed by atoms with Gasteiger partial charge in [-0.2, -0.15) is 13.2 Å². The van der Waals surface area contributed by atoms with Crippen LogP contribution in [0, 0.1) is 5.92 Å². The fraction of sp³-hybridized carbons (Fsp3) is 1.00. The standard InChI is InChI=1S/C8H16F3NO2/c1-5(2)6(4-13)12-3-7(14)8(9,10)11/h5-7,12-14H,3-4H2,1-2H3. The van der Waals surface area contributed by atoms with E-state index in [1.54, 1.807) is 13.8 Å². The van der Waals surface area contributed by atoms with Crippen LogP contribution in [-0.4, -0.2) is 41.7 Å². The van der Waals surface area contributed by atoms with Crippen molar-refractivity contribution in [3.8, 4) is 0 Å². The highest BCUT2D eigenvalue weighted by atomic mass is 19.4. The van der Waals surface area contributed by atoms with Crippen LogP contribution in [0.1, 0.15) is 13.8 Å². The molecule has 0 aromatic heterocycles. The highest BCUT2D eigenvalue weighted by Crippen LogP contribution is 2.19. The molecule has 0 aliphatic heterocycles. The number of aliphatic hydroxyl groups is 2. The molecule has 0 aliphatic rings. The SMILES string of the molecule is CC(C)C(CO)NCC(O)C(F)(F)F. The second-order valence-electron chi connectivity index (χ2n) is 3.50. The predicted octanol–water partition coefficient (Wildman–Crippen LogP) is 0.516. The van der Waals surface area contributed by atoms with E-state index < -0.39 is 24.9 Å². The molecule has 2 atom stereocenters. The van der Waals surface area contributed by atoms with Crippen LogP contribution in [0.25, 0.3) is 0 Å². The van der Waals surface area contributed by atoms with E-state index >= 15 is 0 Å². The normalized spacial score (nSPS) is 17.1. The Balaban J connectivity index is 3.92. The number of hydrogen-bond acceptors (Lipinski definition) is 3. The van der Waals surface area contributed by atoms with E-state index in [0.29, 0.717) is 0 Å². The first-order valence-corrected chi connectivity index (χ1v) is 4.38. The largest absolute Gasteiger partial charge is 0.415 e.